The molecule has 0 aromatic heterocycles. The quantitative estimate of drug-likeness (QED) is 0.613. The minimum Gasteiger partial charge on any atom is -0.343 e. The summed E-state index contributed by atoms with van der Waals surface area (Å²) in [5, 5.41) is 4.16. The third-order valence-corrected chi connectivity index (χ3v) is 7.48. The maximum absolute atomic E-state index is 12.9. The second kappa shape index (κ2) is 10.1. The largest absolute Gasteiger partial charge is 0.343 e. The molecule has 1 aliphatic rings. The molecule has 0 radical (unpaired) electrons. The van der Waals surface area contributed by atoms with E-state index in [4.69, 9.17) is 0 Å². The zero-order valence-electron chi connectivity index (χ0n) is 19.1. The van der Waals surface area contributed by atoms with E-state index in [1.54, 1.807) is 76.2 Å². The van der Waals surface area contributed by atoms with Crippen LogP contribution >= 0.6 is 0 Å². The Bertz CT molecular complexity index is 1130. The monoisotopic (exact) mass is 471 g/mol. The van der Waals surface area contributed by atoms with Gasteiger partial charge in [0, 0.05) is 13.1 Å². The van der Waals surface area contributed by atoms with Gasteiger partial charge in [0.05, 0.1) is 16.6 Å². The van der Waals surface area contributed by atoms with Crippen LogP contribution in [0, 0.1) is 0 Å². The molecule has 2 N–H and O–H groups in total. The zero-order chi connectivity index (χ0) is 24.2. The van der Waals surface area contributed by atoms with Crippen molar-refractivity contribution in [3.63, 3.8) is 0 Å². The van der Waals surface area contributed by atoms with Crippen LogP contribution in [-0.2, 0) is 19.6 Å². The van der Waals surface area contributed by atoms with Gasteiger partial charge in [0.1, 0.15) is 6.04 Å². The maximum Gasteiger partial charge on any atom is 0.288 e. The summed E-state index contributed by atoms with van der Waals surface area (Å²) in [5.41, 5.74) is 4.14. The number of hydrogen-bond donors (Lipinski definition) is 2. The van der Waals surface area contributed by atoms with Gasteiger partial charge in [0.2, 0.25) is 15.9 Å². The predicted octanol–water partition coefficient (Wildman–Crippen LogP) is 2.23. The molecule has 33 heavy (non-hydrogen) atoms. The average molecular weight is 472 g/mol. The summed E-state index contributed by atoms with van der Waals surface area (Å²) in [4.78, 5) is 29.8. The number of hydrazine groups is 1. The van der Waals surface area contributed by atoms with E-state index in [-0.39, 0.29) is 16.6 Å². The van der Waals surface area contributed by atoms with Crippen LogP contribution in [0.1, 0.15) is 39.3 Å². The zero-order valence-corrected chi connectivity index (χ0v) is 20.0. The number of hydrogen-bond acceptors (Lipinski definition) is 6. The van der Waals surface area contributed by atoms with E-state index in [0.29, 0.717) is 18.8 Å². The minimum atomic E-state index is -3.55. The number of carbonyl (C=O) groups excluding carboxylic acids is 2. The van der Waals surface area contributed by atoms with Gasteiger partial charge in [-0.1, -0.05) is 44.2 Å². The van der Waals surface area contributed by atoms with Crippen molar-refractivity contribution in [2.45, 2.75) is 44.7 Å². The first-order valence-electron chi connectivity index (χ1n) is 10.8. The molecule has 3 rings (SSSR count). The van der Waals surface area contributed by atoms with Gasteiger partial charge in [-0.2, -0.15) is 4.31 Å². The summed E-state index contributed by atoms with van der Waals surface area (Å²) in [5.74, 6) is -0.711. The lowest BCUT2D eigenvalue weighted by atomic mass is 10.1. The van der Waals surface area contributed by atoms with Crippen LogP contribution in [0.15, 0.2) is 64.5 Å². The van der Waals surface area contributed by atoms with Crippen molar-refractivity contribution in [3.05, 3.63) is 60.2 Å². The standard InChI is InChI=1S/C23H29N5O4S/c1-5-27(6-2)33(31,32)20-14-12-18(13-15-20)16(3)25-22(29)21-24-17(4)23(30)28(26-21)19-10-8-7-9-11-19/h7-17H,5-6H2,1-4H3,(H,24,26)(H,25,29)/t16-,17-/m1/s1. The molecule has 176 valence electrons. The number of rotatable bonds is 8. The third-order valence-electron chi connectivity index (χ3n) is 5.42. The van der Waals surface area contributed by atoms with Crippen LogP contribution < -0.4 is 15.8 Å². The van der Waals surface area contributed by atoms with Crippen LogP contribution in [0.2, 0.25) is 0 Å². The molecule has 0 spiro atoms. The first kappa shape index (κ1) is 24.4. The maximum atomic E-state index is 12.9. The SMILES string of the molecule is CCN(CC)S(=O)(=O)c1ccc([C@@H](C)NC(=O)C2=N[C@H](C)C(=O)N(c3ccccc3)N2)cc1. The summed E-state index contributed by atoms with van der Waals surface area (Å²) in [6, 6.07) is 14.3. The third kappa shape index (κ3) is 5.23. The Balaban J connectivity index is 1.72. The molecule has 10 heteroatoms. The molecule has 0 aliphatic carbocycles. The van der Waals surface area contributed by atoms with Gasteiger partial charge in [-0.05, 0) is 43.7 Å². The lowest BCUT2D eigenvalue weighted by Crippen LogP contribution is -2.58. The van der Waals surface area contributed by atoms with Gasteiger partial charge in [0.15, 0.2) is 0 Å². The van der Waals surface area contributed by atoms with E-state index in [1.165, 1.54) is 9.31 Å². The number of carbonyl (C=O) groups is 2. The van der Waals surface area contributed by atoms with Gasteiger partial charge >= 0.3 is 0 Å². The van der Waals surface area contributed by atoms with Crippen molar-refractivity contribution in [1.82, 2.24) is 15.0 Å². The van der Waals surface area contributed by atoms with E-state index < -0.39 is 28.0 Å². The van der Waals surface area contributed by atoms with Gasteiger partial charge in [-0.15, -0.1) is 0 Å². The fourth-order valence-electron chi connectivity index (χ4n) is 3.49. The summed E-state index contributed by atoms with van der Waals surface area (Å²) < 4.78 is 26.7. The van der Waals surface area contributed by atoms with Gasteiger partial charge in [-0.3, -0.25) is 15.0 Å². The molecule has 2 aromatic rings. The highest BCUT2D eigenvalue weighted by atomic mass is 32.2. The molecule has 1 aliphatic heterocycles. The van der Waals surface area contributed by atoms with Crippen molar-refractivity contribution in [2.75, 3.05) is 18.1 Å². The molecule has 1 heterocycles. The summed E-state index contributed by atoms with van der Waals surface area (Å²) >= 11 is 0. The van der Waals surface area contributed by atoms with Crippen molar-refractivity contribution < 1.29 is 18.0 Å². The number of aliphatic imine (C=N–C) groups is 1. The molecule has 0 fully saturated rings. The number of anilines is 1. The molecule has 0 bridgehead atoms. The molecule has 0 unspecified atom stereocenters. The normalized spacial score (nSPS) is 17.4. The number of sulfonamides is 1. The van der Waals surface area contributed by atoms with Crippen molar-refractivity contribution in [2.24, 2.45) is 4.99 Å². The highest BCUT2D eigenvalue weighted by Crippen LogP contribution is 2.20. The summed E-state index contributed by atoms with van der Waals surface area (Å²) in [7, 11) is -3.55. The second-order valence-electron chi connectivity index (χ2n) is 7.63. The van der Waals surface area contributed by atoms with E-state index in [9.17, 15) is 18.0 Å². The van der Waals surface area contributed by atoms with Crippen LogP contribution in [0.3, 0.4) is 0 Å². The van der Waals surface area contributed by atoms with Crippen LogP contribution in [0.25, 0.3) is 0 Å². The van der Waals surface area contributed by atoms with Crippen molar-refractivity contribution in [3.8, 4) is 0 Å². The van der Waals surface area contributed by atoms with Crippen LogP contribution in [0.5, 0.6) is 0 Å². The van der Waals surface area contributed by atoms with E-state index in [0.717, 1.165) is 5.56 Å². The number of nitrogens with one attached hydrogen (secondary N) is 2. The van der Waals surface area contributed by atoms with E-state index >= 15 is 0 Å². The highest BCUT2D eigenvalue weighted by Gasteiger charge is 2.31. The van der Waals surface area contributed by atoms with Crippen molar-refractivity contribution in [1.29, 1.82) is 0 Å². The molecule has 9 nitrogen and oxygen atoms in total. The Labute approximate surface area is 194 Å². The summed E-state index contributed by atoms with van der Waals surface area (Å²) in [6.45, 7) is 7.79. The highest BCUT2D eigenvalue weighted by molar-refractivity contribution is 7.89. The fourth-order valence-corrected chi connectivity index (χ4v) is 4.95. The molecular formula is C23H29N5O4S. The van der Waals surface area contributed by atoms with Crippen LogP contribution in [0.4, 0.5) is 5.69 Å². The Hall–Kier alpha value is -3.24. The smallest absolute Gasteiger partial charge is 0.288 e. The Morgan fingerprint density at radius 3 is 2.30 bits per heavy atom. The Kier molecular flexibility index (Phi) is 7.50. The number of amidine groups is 1. The minimum absolute atomic E-state index is 0.0264. The first-order chi connectivity index (χ1) is 15.7. The number of nitrogens with zero attached hydrogens (tertiary/aromatic N) is 3. The molecule has 2 atom stereocenters. The number of benzene rings is 2. The van der Waals surface area contributed by atoms with Crippen LogP contribution in [-0.4, -0.2) is 49.5 Å². The molecular weight excluding hydrogens is 442 g/mol. The van der Waals surface area contributed by atoms with Gasteiger partial charge in [-0.25, -0.2) is 18.4 Å². The lowest BCUT2D eigenvalue weighted by Gasteiger charge is -2.31. The van der Waals surface area contributed by atoms with E-state index in [1.807, 2.05) is 6.07 Å². The molecule has 0 saturated carbocycles. The van der Waals surface area contributed by atoms with Crippen molar-refractivity contribution >= 4 is 33.4 Å². The topological polar surface area (TPSA) is 111 Å². The Morgan fingerprint density at radius 2 is 1.73 bits per heavy atom. The van der Waals surface area contributed by atoms with Gasteiger partial charge in [0.25, 0.3) is 11.8 Å². The number of amides is 2. The molecule has 2 aromatic carbocycles. The summed E-state index contributed by atoms with van der Waals surface area (Å²) in [6.07, 6.45) is 0. The molecule has 2 amide bonds. The number of para-hydroxylation sites is 1. The van der Waals surface area contributed by atoms with Gasteiger partial charge < -0.3 is 5.32 Å². The second-order valence-corrected chi connectivity index (χ2v) is 9.57. The lowest BCUT2D eigenvalue weighted by molar-refractivity contribution is -0.120. The van der Waals surface area contributed by atoms with E-state index in [2.05, 4.69) is 15.7 Å². The predicted molar refractivity (Wildman–Crippen MR) is 127 cm³/mol. The molecule has 0 saturated heterocycles. The Morgan fingerprint density at radius 1 is 1.12 bits per heavy atom. The fraction of sp³-hybridized carbons (Fsp3) is 0.348. The first-order valence-corrected chi connectivity index (χ1v) is 12.3. The average Bonchev–Trinajstić information content (AvgIpc) is 2.81.